The van der Waals surface area contributed by atoms with E-state index in [-0.39, 0.29) is 23.1 Å². The van der Waals surface area contributed by atoms with Crippen molar-refractivity contribution in [3.05, 3.63) is 102 Å². The van der Waals surface area contributed by atoms with Crippen molar-refractivity contribution in [1.29, 1.82) is 0 Å². The summed E-state index contributed by atoms with van der Waals surface area (Å²) in [7, 11) is 0. The summed E-state index contributed by atoms with van der Waals surface area (Å²) in [6.07, 6.45) is 3.20. The second kappa shape index (κ2) is 9.79. The first-order valence-corrected chi connectivity index (χ1v) is 11.8. The molecule has 0 saturated carbocycles. The summed E-state index contributed by atoms with van der Waals surface area (Å²) >= 11 is 5.21. The molecule has 4 aromatic rings. The lowest BCUT2D eigenvalue weighted by Gasteiger charge is -2.28. The van der Waals surface area contributed by atoms with Gasteiger partial charge in [0.2, 0.25) is 5.91 Å². The van der Waals surface area contributed by atoms with E-state index in [0.29, 0.717) is 16.9 Å². The number of anilines is 2. The summed E-state index contributed by atoms with van der Waals surface area (Å²) in [5, 5.41) is 6.08. The number of rotatable bonds is 5. The van der Waals surface area contributed by atoms with Crippen LogP contribution in [-0.2, 0) is 20.9 Å². The van der Waals surface area contributed by atoms with Gasteiger partial charge in [-0.15, -0.1) is 0 Å². The first-order chi connectivity index (χ1) is 17.8. The highest BCUT2D eigenvalue weighted by Crippen LogP contribution is 2.27. The Bertz CT molecular complexity index is 1590. The van der Waals surface area contributed by atoms with Crippen LogP contribution in [0.1, 0.15) is 11.1 Å². The highest BCUT2D eigenvalue weighted by molar-refractivity contribution is 7.80. The van der Waals surface area contributed by atoms with E-state index in [1.165, 1.54) is 30.3 Å². The van der Waals surface area contributed by atoms with Crippen molar-refractivity contribution in [3.8, 4) is 0 Å². The van der Waals surface area contributed by atoms with Gasteiger partial charge >= 0.3 is 0 Å². The minimum atomic E-state index is -0.637. The van der Waals surface area contributed by atoms with E-state index in [0.717, 1.165) is 21.4 Å². The Labute approximate surface area is 217 Å². The van der Waals surface area contributed by atoms with Crippen LogP contribution in [0.25, 0.3) is 17.0 Å². The van der Waals surface area contributed by atoms with Gasteiger partial charge in [0.25, 0.3) is 11.8 Å². The zero-order valence-corrected chi connectivity index (χ0v) is 20.5. The molecule has 2 N–H and O–H groups in total. The van der Waals surface area contributed by atoms with E-state index >= 15 is 0 Å². The number of aromatic nitrogens is 1. The van der Waals surface area contributed by atoms with Crippen LogP contribution in [0.4, 0.5) is 15.8 Å². The van der Waals surface area contributed by atoms with Crippen molar-refractivity contribution in [2.24, 2.45) is 0 Å². The third kappa shape index (κ3) is 4.89. The number of aryl methyl sites for hydroxylation is 1. The highest BCUT2D eigenvalue weighted by atomic mass is 32.1. The highest BCUT2D eigenvalue weighted by Gasteiger charge is 2.34. The molecule has 0 bridgehead atoms. The molecule has 0 radical (unpaired) electrons. The van der Waals surface area contributed by atoms with Crippen LogP contribution in [0.15, 0.2) is 84.6 Å². The zero-order valence-electron chi connectivity index (χ0n) is 19.7. The van der Waals surface area contributed by atoms with Crippen molar-refractivity contribution in [3.63, 3.8) is 0 Å². The maximum atomic E-state index is 13.4. The van der Waals surface area contributed by atoms with Crippen LogP contribution >= 0.6 is 12.2 Å². The van der Waals surface area contributed by atoms with Crippen LogP contribution < -0.4 is 15.5 Å². The molecule has 1 aliphatic rings. The maximum Gasteiger partial charge on any atom is 0.270 e. The maximum absolute atomic E-state index is 13.4. The van der Waals surface area contributed by atoms with Gasteiger partial charge in [0.05, 0.1) is 5.69 Å². The standard InChI is InChI=1S/C28H21FN4O3S/c1-17-6-10-20(11-7-17)30-25(34)16-32-15-18(22-4-2-3-5-24(22)32)14-23-26(35)31-28(37)33(27(23)36)21-12-8-19(29)9-13-21/h2-15H,16H2,1H3,(H,30,34)(H,31,35,37)/b23-14-. The van der Waals surface area contributed by atoms with Gasteiger partial charge in [0.1, 0.15) is 17.9 Å². The summed E-state index contributed by atoms with van der Waals surface area (Å²) in [5.41, 5.74) is 3.33. The number of hydrogen-bond acceptors (Lipinski definition) is 4. The molecule has 2 heterocycles. The van der Waals surface area contributed by atoms with Crippen LogP contribution in [-0.4, -0.2) is 27.4 Å². The minimum absolute atomic E-state index is 0.0312. The van der Waals surface area contributed by atoms with E-state index < -0.39 is 17.6 Å². The molecule has 5 rings (SSSR count). The van der Waals surface area contributed by atoms with Gasteiger partial charge in [-0.05, 0) is 67.7 Å². The van der Waals surface area contributed by atoms with E-state index in [1.807, 2.05) is 55.5 Å². The second-order valence-electron chi connectivity index (χ2n) is 8.58. The monoisotopic (exact) mass is 512 g/mol. The summed E-state index contributed by atoms with van der Waals surface area (Å²) in [6.45, 7) is 2.00. The molecule has 1 aliphatic heterocycles. The van der Waals surface area contributed by atoms with Gasteiger partial charge in [-0.3, -0.25) is 24.6 Å². The normalized spacial score (nSPS) is 14.8. The number of nitrogens with zero attached hydrogens (tertiary/aromatic N) is 2. The number of hydrogen-bond donors (Lipinski definition) is 2. The number of para-hydroxylation sites is 1. The van der Waals surface area contributed by atoms with Crippen molar-refractivity contribution in [2.45, 2.75) is 13.5 Å². The first-order valence-electron chi connectivity index (χ1n) is 11.4. The predicted octanol–water partition coefficient (Wildman–Crippen LogP) is 4.56. The smallest absolute Gasteiger partial charge is 0.270 e. The van der Waals surface area contributed by atoms with Crippen molar-refractivity contribution in [2.75, 3.05) is 10.2 Å². The van der Waals surface area contributed by atoms with Crippen LogP contribution in [0, 0.1) is 12.7 Å². The summed E-state index contributed by atoms with van der Waals surface area (Å²) in [5.74, 6) is -1.95. The molecular weight excluding hydrogens is 491 g/mol. The number of nitrogens with one attached hydrogen (secondary N) is 2. The summed E-state index contributed by atoms with van der Waals surface area (Å²) in [6, 6.07) is 20.1. The molecule has 9 heteroatoms. The Morgan fingerprint density at radius 3 is 2.46 bits per heavy atom. The minimum Gasteiger partial charge on any atom is -0.337 e. The topological polar surface area (TPSA) is 83.4 Å². The molecule has 0 aliphatic carbocycles. The number of amides is 3. The molecule has 1 fully saturated rings. The number of carbonyl (C=O) groups is 3. The number of fused-ring (bicyclic) bond motifs is 1. The Morgan fingerprint density at radius 1 is 1.03 bits per heavy atom. The number of halogens is 1. The predicted molar refractivity (Wildman–Crippen MR) is 144 cm³/mol. The fraction of sp³-hybridized carbons (Fsp3) is 0.0714. The Balaban J connectivity index is 1.47. The fourth-order valence-electron chi connectivity index (χ4n) is 4.15. The lowest BCUT2D eigenvalue weighted by molar-refractivity contribution is -0.122. The lowest BCUT2D eigenvalue weighted by Crippen LogP contribution is -2.54. The quantitative estimate of drug-likeness (QED) is 0.233. The number of thiocarbonyl (C=S) groups is 1. The Kier molecular flexibility index (Phi) is 6.37. The molecule has 37 heavy (non-hydrogen) atoms. The van der Waals surface area contributed by atoms with Crippen LogP contribution in [0.5, 0.6) is 0 Å². The van der Waals surface area contributed by atoms with Gasteiger partial charge in [-0.25, -0.2) is 4.39 Å². The molecule has 7 nitrogen and oxygen atoms in total. The van der Waals surface area contributed by atoms with E-state index in [9.17, 15) is 18.8 Å². The number of benzene rings is 3. The molecule has 184 valence electrons. The average molecular weight is 513 g/mol. The Hall–Kier alpha value is -4.63. The van der Waals surface area contributed by atoms with E-state index in [1.54, 1.807) is 10.8 Å². The van der Waals surface area contributed by atoms with Gasteiger partial charge in [0, 0.05) is 28.4 Å². The summed E-state index contributed by atoms with van der Waals surface area (Å²) < 4.78 is 15.2. The third-order valence-corrected chi connectivity index (χ3v) is 6.24. The molecule has 3 aromatic carbocycles. The largest absolute Gasteiger partial charge is 0.337 e. The molecule has 0 spiro atoms. The molecule has 3 amide bonds. The zero-order chi connectivity index (χ0) is 26.1. The van der Waals surface area contributed by atoms with Crippen molar-refractivity contribution >= 4 is 63.4 Å². The molecule has 1 saturated heterocycles. The molecule has 0 atom stereocenters. The molecule has 0 unspecified atom stereocenters. The van der Waals surface area contributed by atoms with Gasteiger partial charge in [-0.1, -0.05) is 35.9 Å². The van der Waals surface area contributed by atoms with Crippen LogP contribution in [0.2, 0.25) is 0 Å². The van der Waals surface area contributed by atoms with Gasteiger partial charge < -0.3 is 9.88 Å². The van der Waals surface area contributed by atoms with Crippen molar-refractivity contribution in [1.82, 2.24) is 9.88 Å². The average Bonchev–Trinajstić information content (AvgIpc) is 3.21. The first kappa shape index (κ1) is 24.1. The van der Waals surface area contributed by atoms with Gasteiger partial charge in [0.15, 0.2) is 5.11 Å². The lowest BCUT2D eigenvalue weighted by atomic mass is 10.1. The van der Waals surface area contributed by atoms with E-state index in [2.05, 4.69) is 10.6 Å². The fourth-order valence-corrected chi connectivity index (χ4v) is 4.43. The number of carbonyl (C=O) groups excluding carboxylic acids is 3. The van der Waals surface area contributed by atoms with Gasteiger partial charge in [-0.2, -0.15) is 0 Å². The second-order valence-corrected chi connectivity index (χ2v) is 8.96. The van der Waals surface area contributed by atoms with E-state index in [4.69, 9.17) is 12.2 Å². The SMILES string of the molecule is Cc1ccc(NC(=O)Cn2cc(/C=C3/C(=O)NC(=S)N(c4ccc(F)cc4)C3=O)c3ccccc32)cc1. The molecule has 1 aromatic heterocycles. The van der Waals surface area contributed by atoms with Crippen LogP contribution in [0.3, 0.4) is 0 Å². The van der Waals surface area contributed by atoms with Crippen molar-refractivity contribution < 1.29 is 18.8 Å². The molecular formula is C28H21FN4O3S. The third-order valence-electron chi connectivity index (χ3n) is 5.96. The summed E-state index contributed by atoms with van der Waals surface area (Å²) in [4.78, 5) is 40.0. The Morgan fingerprint density at radius 2 is 1.73 bits per heavy atom.